The third-order valence-corrected chi connectivity index (χ3v) is 3.82. The van der Waals surface area contributed by atoms with Crippen molar-refractivity contribution in [1.29, 1.82) is 0 Å². The van der Waals surface area contributed by atoms with E-state index in [4.69, 9.17) is 5.11 Å². The van der Waals surface area contributed by atoms with E-state index in [1.807, 2.05) is 0 Å². The molecule has 1 saturated carbocycles. The normalized spacial score (nSPS) is 16.4. The molecular formula is C15H17BrFNO2. The van der Waals surface area contributed by atoms with Crippen molar-refractivity contribution in [3.63, 3.8) is 0 Å². The average molecular weight is 342 g/mol. The van der Waals surface area contributed by atoms with Gasteiger partial charge in [-0.1, -0.05) is 15.9 Å². The molecule has 0 bridgehead atoms. The van der Waals surface area contributed by atoms with Gasteiger partial charge >= 0.3 is 0 Å². The van der Waals surface area contributed by atoms with Crippen LogP contribution in [0.4, 0.5) is 4.39 Å². The number of benzene rings is 1. The van der Waals surface area contributed by atoms with E-state index < -0.39 is 0 Å². The number of rotatable bonds is 6. The lowest BCUT2D eigenvalue weighted by molar-refractivity contribution is -0.117. The minimum absolute atomic E-state index is 0.0181. The molecule has 1 fully saturated rings. The van der Waals surface area contributed by atoms with Crippen molar-refractivity contribution in [3.05, 3.63) is 40.1 Å². The Hall–Kier alpha value is -1.20. The smallest absolute Gasteiger partial charge is 0.244 e. The van der Waals surface area contributed by atoms with E-state index in [2.05, 4.69) is 21.2 Å². The second-order valence-corrected chi connectivity index (χ2v) is 5.88. The summed E-state index contributed by atoms with van der Waals surface area (Å²) in [4.78, 5) is 11.8. The van der Waals surface area contributed by atoms with Crippen molar-refractivity contribution in [1.82, 2.24) is 5.32 Å². The van der Waals surface area contributed by atoms with Crippen LogP contribution in [0.15, 0.2) is 28.7 Å². The van der Waals surface area contributed by atoms with Crippen LogP contribution in [0.3, 0.4) is 0 Å². The molecule has 0 saturated heterocycles. The molecule has 1 aromatic carbocycles. The van der Waals surface area contributed by atoms with Crippen LogP contribution in [-0.2, 0) is 4.79 Å². The summed E-state index contributed by atoms with van der Waals surface area (Å²) in [6.45, 7) is 0.0609. The average Bonchev–Trinajstić information content (AvgIpc) is 3.24. The van der Waals surface area contributed by atoms with Gasteiger partial charge in [0.05, 0.1) is 0 Å². The van der Waals surface area contributed by atoms with E-state index in [1.54, 1.807) is 12.1 Å². The zero-order valence-electron chi connectivity index (χ0n) is 11.0. The number of aliphatic hydroxyl groups excluding tert-OH is 1. The molecule has 2 rings (SSSR count). The highest BCUT2D eigenvalue weighted by Gasteiger charge is 2.31. The van der Waals surface area contributed by atoms with E-state index in [9.17, 15) is 9.18 Å². The van der Waals surface area contributed by atoms with E-state index in [0.29, 0.717) is 17.9 Å². The summed E-state index contributed by atoms with van der Waals surface area (Å²) in [6, 6.07) is 4.59. The van der Waals surface area contributed by atoms with Crippen LogP contribution in [-0.4, -0.2) is 23.7 Å². The summed E-state index contributed by atoms with van der Waals surface area (Å²) in [6.07, 6.45) is 5.54. The van der Waals surface area contributed by atoms with Crippen molar-refractivity contribution in [2.45, 2.75) is 25.3 Å². The molecule has 5 heteroatoms. The maximum Gasteiger partial charge on any atom is 0.244 e. The lowest BCUT2D eigenvalue weighted by Crippen LogP contribution is -2.36. The summed E-state index contributed by atoms with van der Waals surface area (Å²) in [7, 11) is 0. The topological polar surface area (TPSA) is 49.3 Å². The number of halogens is 2. The lowest BCUT2D eigenvalue weighted by Gasteiger charge is -2.15. The van der Waals surface area contributed by atoms with Gasteiger partial charge in [-0.15, -0.1) is 0 Å². The van der Waals surface area contributed by atoms with Crippen LogP contribution >= 0.6 is 15.9 Å². The van der Waals surface area contributed by atoms with Gasteiger partial charge in [0.25, 0.3) is 0 Å². The Bertz CT molecular complexity index is 515. The molecule has 20 heavy (non-hydrogen) atoms. The molecule has 108 valence electrons. The molecule has 1 aromatic rings. The van der Waals surface area contributed by atoms with Crippen LogP contribution in [0.5, 0.6) is 0 Å². The maximum absolute atomic E-state index is 13.5. The number of amides is 1. The van der Waals surface area contributed by atoms with E-state index >= 15 is 0 Å². The van der Waals surface area contributed by atoms with E-state index in [1.165, 1.54) is 18.2 Å². The molecule has 1 unspecified atom stereocenters. The largest absolute Gasteiger partial charge is 0.396 e. The summed E-state index contributed by atoms with van der Waals surface area (Å²) in [5.41, 5.74) is 0.361. The minimum atomic E-state index is -0.369. The number of hydrogen-bond donors (Lipinski definition) is 2. The Labute approximate surface area is 126 Å². The van der Waals surface area contributed by atoms with Gasteiger partial charge in [0.1, 0.15) is 5.82 Å². The highest BCUT2D eigenvalue weighted by atomic mass is 79.9. The Kier molecular flexibility index (Phi) is 5.31. The Morgan fingerprint density at radius 2 is 2.30 bits per heavy atom. The predicted molar refractivity (Wildman–Crippen MR) is 79.5 cm³/mol. The van der Waals surface area contributed by atoms with Crippen LogP contribution < -0.4 is 5.32 Å². The van der Waals surface area contributed by atoms with Gasteiger partial charge in [0.2, 0.25) is 5.91 Å². The SMILES string of the molecule is O=C(/C=C/c1cc(Br)ccc1F)NC(CCO)C1CC1. The van der Waals surface area contributed by atoms with Gasteiger partial charge in [-0.3, -0.25) is 4.79 Å². The summed E-state index contributed by atoms with van der Waals surface area (Å²) in [5.74, 6) is -0.150. The molecule has 0 aromatic heterocycles. The van der Waals surface area contributed by atoms with Crippen LogP contribution in [0.25, 0.3) is 6.08 Å². The molecule has 1 amide bonds. The van der Waals surface area contributed by atoms with Gasteiger partial charge in [-0.2, -0.15) is 0 Å². The first kappa shape index (κ1) is 15.2. The lowest BCUT2D eigenvalue weighted by atomic mass is 10.1. The monoisotopic (exact) mass is 341 g/mol. The van der Waals surface area contributed by atoms with Crippen molar-refractivity contribution in [3.8, 4) is 0 Å². The molecule has 0 spiro atoms. The third-order valence-electron chi connectivity index (χ3n) is 3.33. The summed E-state index contributed by atoms with van der Waals surface area (Å²) in [5, 5.41) is 11.8. The van der Waals surface area contributed by atoms with Gasteiger partial charge in [-0.05, 0) is 49.5 Å². The van der Waals surface area contributed by atoms with E-state index in [0.717, 1.165) is 17.3 Å². The van der Waals surface area contributed by atoms with Crippen LogP contribution in [0.2, 0.25) is 0 Å². The highest BCUT2D eigenvalue weighted by Crippen LogP contribution is 2.33. The molecule has 1 atom stereocenters. The minimum Gasteiger partial charge on any atom is -0.396 e. The highest BCUT2D eigenvalue weighted by molar-refractivity contribution is 9.10. The van der Waals surface area contributed by atoms with E-state index in [-0.39, 0.29) is 24.4 Å². The summed E-state index contributed by atoms with van der Waals surface area (Å²) < 4.78 is 14.3. The first-order valence-electron chi connectivity index (χ1n) is 6.64. The number of carbonyl (C=O) groups excluding carboxylic acids is 1. The molecule has 0 heterocycles. The second kappa shape index (κ2) is 6.99. The molecule has 3 nitrogen and oxygen atoms in total. The Morgan fingerprint density at radius 1 is 1.55 bits per heavy atom. The van der Waals surface area contributed by atoms with Crippen molar-refractivity contribution >= 4 is 27.9 Å². The molecule has 2 N–H and O–H groups in total. The molecular weight excluding hydrogens is 325 g/mol. The van der Waals surface area contributed by atoms with Crippen molar-refractivity contribution in [2.24, 2.45) is 5.92 Å². The van der Waals surface area contributed by atoms with Crippen LogP contribution in [0, 0.1) is 11.7 Å². The zero-order chi connectivity index (χ0) is 14.5. The second-order valence-electron chi connectivity index (χ2n) is 4.96. The van der Waals surface area contributed by atoms with Crippen molar-refractivity contribution in [2.75, 3.05) is 6.61 Å². The van der Waals surface area contributed by atoms with Gasteiger partial charge in [0.15, 0.2) is 0 Å². The molecule has 0 aliphatic heterocycles. The fraction of sp³-hybridized carbons (Fsp3) is 0.400. The van der Waals surface area contributed by atoms with Gasteiger partial charge < -0.3 is 10.4 Å². The molecule has 0 radical (unpaired) electrons. The third kappa shape index (κ3) is 4.42. The quantitative estimate of drug-likeness (QED) is 0.781. The Balaban J connectivity index is 1.96. The standard InChI is InChI=1S/C15H17BrFNO2/c16-12-4-5-13(17)11(9-12)3-6-15(20)18-14(7-8-19)10-1-2-10/h3-6,9-10,14,19H,1-2,7-8H2,(H,18,20)/b6-3+. The Morgan fingerprint density at radius 3 is 2.95 bits per heavy atom. The van der Waals surface area contributed by atoms with Crippen molar-refractivity contribution < 1.29 is 14.3 Å². The maximum atomic E-state index is 13.5. The number of nitrogens with one attached hydrogen (secondary N) is 1. The molecule has 1 aliphatic rings. The predicted octanol–water partition coefficient (Wildman–Crippen LogP) is 2.88. The first-order chi connectivity index (χ1) is 9.60. The van der Waals surface area contributed by atoms with Gasteiger partial charge in [0, 0.05) is 28.8 Å². The fourth-order valence-electron chi connectivity index (χ4n) is 2.10. The fourth-order valence-corrected chi connectivity index (χ4v) is 2.48. The number of carbonyl (C=O) groups is 1. The zero-order valence-corrected chi connectivity index (χ0v) is 12.6. The van der Waals surface area contributed by atoms with Crippen LogP contribution in [0.1, 0.15) is 24.8 Å². The van der Waals surface area contributed by atoms with Gasteiger partial charge in [-0.25, -0.2) is 4.39 Å². The molecule has 1 aliphatic carbocycles. The number of aliphatic hydroxyl groups is 1. The number of hydrogen-bond acceptors (Lipinski definition) is 2. The first-order valence-corrected chi connectivity index (χ1v) is 7.44. The summed E-state index contributed by atoms with van der Waals surface area (Å²) >= 11 is 3.26.